The van der Waals surface area contributed by atoms with Crippen molar-refractivity contribution in [3.05, 3.63) is 24.3 Å². The van der Waals surface area contributed by atoms with Crippen LogP contribution >= 0.6 is 0 Å². The fourth-order valence-electron chi connectivity index (χ4n) is 2.81. The molecule has 0 fully saturated rings. The minimum atomic E-state index is 1.09. The van der Waals surface area contributed by atoms with E-state index in [1.165, 1.54) is 37.1 Å². The first-order valence-electron chi connectivity index (χ1n) is 8.08. The number of unbranched alkanes of at least 4 members (excludes halogenated alkanes) is 3. The van der Waals surface area contributed by atoms with Gasteiger partial charge in [-0.05, 0) is 25.1 Å². The Morgan fingerprint density at radius 2 is 1.80 bits per heavy atom. The van der Waals surface area contributed by atoms with Crippen molar-refractivity contribution in [3.63, 3.8) is 0 Å². The zero-order valence-corrected chi connectivity index (χ0v) is 13.1. The molecule has 3 heteroatoms. The van der Waals surface area contributed by atoms with Crippen molar-refractivity contribution in [1.29, 1.82) is 0 Å². The van der Waals surface area contributed by atoms with Crippen molar-refractivity contribution in [2.75, 3.05) is 49.6 Å². The van der Waals surface area contributed by atoms with Crippen LogP contribution < -0.4 is 15.1 Å². The number of nitrogens with zero attached hydrogens (tertiary/aromatic N) is 2. The average Bonchev–Trinajstić information content (AvgIpc) is 2.49. The Morgan fingerprint density at radius 1 is 1.00 bits per heavy atom. The van der Waals surface area contributed by atoms with Crippen LogP contribution in [0.15, 0.2) is 24.3 Å². The zero-order valence-electron chi connectivity index (χ0n) is 13.1. The predicted octanol–water partition coefficient (Wildman–Crippen LogP) is 3.11. The zero-order chi connectivity index (χ0) is 14.2. The van der Waals surface area contributed by atoms with Crippen molar-refractivity contribution < 1.29 is 0 Å². The molecular formula is C17H29N3. The van der Waals surface area contributed by atoms with Crippen LogP contribution in [0, 0.1) is 0 Å². The molecule has 1 aromatic carbocycles. The summed E-state index contributed by atoms with van der Waals surface area (Å²) >= 11 is 0. The Kier molecular flexibility index (Phi) is 6.19. The van der Waals surface area contributed by atoms with Gasteiger partial charge in [0.25, 0.3) is 0 Å². The van der Waals surface area contributed by atoms with E-state index in [2.05, 4.69) is 53.4 Å². The van der Waals surface area contributed by atoms with Gasteiger partial charge in [-0.2, -0.15) is 0 Å². The van der Waals surface area contributed by atoms with Gasteiger partial charge in [0.15, 0.2) is 0 Å². The van der Waals surface area contributed by atoms with Gasteiger partial charge in [-0.15, -0.1) is 0 Å². The summed E-state index contributed by atoms with van der Waals surface area (Å²) < 4.78 is 0. The molecule has 2 rings (SSSR count). The first-order valence-corrected chi connectivity index (χ1v) is 8.08. The minimum absolute atomic E-state index is 1.09. The summed E-state index contributed by atoms with van der Waals surface area (Å²) in [6, 6.07) is 8.74. The van der Waals surface area contributed by atoms with E-state index in [0.29, 0.717) is 0 Å². The van der Waals surface area contributed by atoms with Crippen molar-refractivity contribution in [2.45, 2.75) is 32.6 Å². The summed E-state index contributed by atoms with van der Waals surface area (Å²) in [4.78, 5) is 4.86. The fourth-order valence-corrected chi connectivity index (χ4v) is 2.81. The average molecular weight is 275 g/mol. The number of likely N-dealkylation sites (N-methyl/N-ethyl adjacent to an activating group) is 1. The molecule has 0 radical (unpaired) electrons. The molecule has 0 atom stereocenters. The number of benzene rings is 1. The van der Waals surface area contributed by atoms with Crippen LogP contribution in [0.2, 0.25) is 0 Å². The molecule has 0 aromatic heterocycles. The van der Waals surface area contributed by atoms with Crippen molar-refractivity contribution in [1.82, 2.24) is 5.32 Å². The third-order valence-corrected chi connectivity index (χ3v) is 4.10. The maximum Gasteiger partial charge on any atom is 0.0605 e. The standard InChI is InChI=1S/C17H29N3/c1-3-4-5-8-11-18-12-13-20-15-14-19(2)16-9-6-7-10-17(16)20/h6-7,9-10,18H,3-5,8,11-15H2,1-2H3. The molecule has 1 aliphatic heterocycles. The number of rotatable bonds is 8. The fraction of sp³-hybridized carbons (Fsp3) is 0.647. The van der Waals surface area contributed by atoms with Crippen LogP contribution in [-0.4, -0.2) is 39.8 Å². The summed E-state index contributed by atoms with van der Waals surface area (Å²) in [5, 5.41) is 3.58. The van der Waals surface area contributed by atoms with Crippen LogP contribution in [0.4, 0.5) is 11.4 Å². The van der Waals surface area contributed by atoms with E-state index in [-0.39, 0.29) is 0 Å². The number of fused-ring (bicyclic) bond motifs is 1. The molecule has 0 aliphatic carbocycles. The van der Waals surface area contributed by atoms with Gasteiger partial charge in [-0.1, -0.05) is 38.3 Å². The molecule has 0 unspecified atom stereocenters. The highest BCUT2D eigenvalue weighted by Crippen LogP contribution is 2.31. The van der Waals surface area contributed by atoms with Crippen LogP contribution in [0.3, 0.4) is 0 Å². The number of para-hydroxylation sites is 2. The SMILES string of the molecule is CCCCCCNCCN1CCN(C)c2ccccc21. The Labute approximate surface area is 124 Å². The molecule has 0 saturated carbocycles. The van der Waals surface area contributed by atoms with Gasteiger partial charge < -0.3 is 15.1 Å². The lowest BCUT2D eigenvalue weighted by molar-refractivity contribution is 0.589. The summed E-state index contributed by atoms with van der Waals surface area (Å²) in [6.07, 6.45) is 5.36. The maximum absolute atomic E-state index is 3.58. The molecule has 0 amide bonds. The lowest BCUT2D eigenvalue weighted by atomic mass is 10.1. The molecule has 20 heavy (non-hydrogen) atoms. The minimum Gasteiger partial charge on any atom is -0.371 e. The van der Waals surface area contributed by atoms with Crippen LogP contribution in [0.25, 0.3) is 0 Å². The van der Waals surface area contributed by atoms with E-state index >= 15 is 0 Å². The number of hydrogen-bond acceptors (Lipinski definition) is 3. The van der Waals surface area contributed by atoms with Gasteiger partial charge >= 0.3 is 0 Å². The molecule has 1 aliphatic rings. The number of anilines is 2. The van der Waals surface area contributed by atoms with Crippen LogP contribution in [0.1, 0.15) is 32.6 Å². The Balaban J connectivity index is 1.73. The first kappa shape index (κ1) is 15.2. The molecule has 3 nitrogen and oxygen atoms in total. The van der Waals surface area contributed by atoms with Crippen LogP contribution in [0.5, 0.6) is 0 Å². The van der Waals surface area contributed by atoms with Gasteiger partial charge in [0.1, 0.15) is 0 Å². The molecule has 112 valence electrons. The van der Waals surface area contributed by atoms with Crippen LogP contribution in [-0.2, 0) is 0 Å². The Hall–Kier alpha value is -1.22. The van der Waals surface area contributed by atoms with Gasteiger partial charge in [-0.25, -0.2) is 0 Å². The van der Waals surface area contributed by atoms with Gasteiger partial charge in [0, 0.05) is 33.2 Å². The van der Waals surface area contributed by atoms with Crippen molar-refractivity contribution >= 4 is 11.4 Å². The van der Waals surface area contributed by atoms with E-state index in [9.17, 15) is 0 Å². The Morgan fingerprint density at radius 3 is 2.60 bits per heavy atom. The normalized spacial score (nSPS) is 14.5. The predicted molar refractivity (Wildman–Crippen MR) is 88.9 cm³/mol. The van der Waals surface area contributed by atoms with Gasteiger partial charge in [0.05, 0.1) is 11.4 Å². The smallest absolute Gasteiger partial charge is 0.0605 e. The van der Waals surface area contributed by atoms with Crippen molar-refractivity contribution in [3.8, 4) is 0 Å². The highest BCUT2D eigenvalue weighted by atomic mass is 15.3. The van der Waals surface area contributed by atoms with E-state index in [1.807, 2.05) is 0 Å². The summed E-state index contributed by atoms with van der Waals surface area (Å²) in [5.41, 5.74) is 2.75. The van der Waals surface area contributed by atoms with E-state index < -0.39 is 0 Å². The van der Waals surface area contributed by atoms with Crippen molar-refractivity contribution in [2.24, 2.45) is 0 Å². The van der Waals surface area contributed by atoms with E-state index in [1.54, 1.807) is 0 Å². The molecule has 0 spiro atoms. The number of nitrogens with one attached hydrogen (secondary N) is 1. The molecule has 0 bridgehead atoms. The molecule has 0 saturated heterocycles. The second-order valence-corrected chi connectivity index (χ2v) is 5.71. The third kappa shape index (κ3) is 4.14. The molecule has 1 aromatic rings. The highest BCUT2D eigenvalue weighted by Gasteiger charge is 2.18. The van der Waals surface area contributed by atoms with E-state index in [4.69, 9.17) is 0 Å². The number of hydrogen-bond donors (Lipinski definition) is 1. The molecular weight excluding hydrogens is 246 g/mol. The monoisotopic (exact) mass is 275 g/mol. The summed E-state index contributed by atoms with van der Waals surface area (Å²) in [7, 11) is 2.18. The third-order valence-electron chi connectivity index (χ3n) is 4.10. The second-order valence-electron chi connectivity index (χ2n) is 5.71. The highest BCUT2D eigenvalue weighted by molar-refractivity contribution is 5.73. The van der Waals surface area contributed by atoms with E-state index in [0.717, 1.165) is 32.7 Å². The maximum atomic E-state index is 3.58. The topological polar surface area (TPSA) is 18.5 Å². The Bertz CT molecular complexity index is 392. The molecule has 1 heterocycles. The van der Waals surface area contributed by atoms with Gasteiger partial charge in [0.2, 0.25) is 0 Å². The summed E-state index contributed by atoms with van der Waals surface area (Å²) in [6.45, 7) is 7.87. The first-order chi connectivity index (χ1) is 9.83. The summed E-state index contributed by atoms with van der Waals surface area (Å²) in [5.74, 6) is 0. The lowest BCUT2D eigenvalue weighted by Crippen LogP contribution is -2.42. The molecule has 1 N–H and O–H groups in total. The second kappa shape index (κ2) is 8.15. The largest absolute Gasteiger partial charge is 0.371 e. The van der Waals surface area contributed by atoms with Gasteiger partial charge in [-0.3, -0.25) is 0 Å². The lowest BCUT2D eigenvalue weighted by Gasteiger charge is -2.37. The quantitative estimate of drug-likeness (QED) is 0.735.